The number of hydrogen-bond donors (Lipinski definition) is 1. The number of amides is 1. The molecule has 0 aliphatic rings. The normalized spacial score (nSPS) is 11.5. The molecule has 0 saturated carbocycles. The predicted molar refractivity (Wildman–Crippen MR) is 85.6 cm³/mol. The first-order valence-electron chi connectivity index (χ1n) is 6.71. The van der Waals surface area contributed by atoms with Gasteiger partial charge in [0, 0.05) is 11.6 Å². The van der Waals surface area contributed by atoms with E-state index in [2.05, 4.69) is 25.8 Å². The quantitative estimate of drug-likeness (QED) is 0.679. The average molecular weight is 386 g/mol. The topological polar surface area (TPSA) is 85.6 Å². The Hall–Kier alpha value is -2.47. The molecule has 0 bridgehead atoms. The Morgan fingerprint density at radius 1 is 1.36 bits per heavy atom. The molecule has 1 amide bonds. The maximum Gasteiger partial charge on any atom is 0.416 e. The second kappa shape index (κ2) is 7.19. The number of nitrogens with zero attached hydrogens (tertiary/aromatic N) is 5. The maximum absolute atomic E-state index is 12.8. The minimum atomic E-state index is -4.47. The van der Waals surface area contributed by atoms with Crippen molar-refractivity contribution < 1.29 is 18.0 Å². The lowest BCUT2D eigenvalue weighted by atomic mass is 10.2. The highest BCUT2D eigenvalue weighted by Crippen LogP contribution is 2.30. The first-order chi connectivity index (χ1) is 11.9. The number of carbonyl (C=O) groups excluding carboxylic acids is 1. The van der Waals surface area contributed by atoms with Crippen molar-refractivity contribution in [2.45, 2.75) is 11.3 Å². The summed E-state index contributed by atoms with van der Waals surface area (Å²) in [5, 5.41) is 15.9. The number of rotatable bonds is 5. The number of alkyl halides is 3. The molecule has 0 fully saturated rings. The summed E-state index contributed by atoms with van der Waals surface area (Å²) < 4.78 is 39.6. The summed E-state index contributed by atoms with van der Waals surface area (Å²) in [6, 6.07) is 4.62. The maximum atomic E-state index is 12.8. The van der Waals surface area contributed by atoms with E-state index >= 15 is 0 Å². The summed E-state index contributed by atoms with van der Waals surface area (Å²) in [5.74, 6) is -0.336. The zero-order valence-corrected chi connectivity index (χ0v) is 13.9. The van der Waals surface area contributed by atoms with Crippen molar-refractivity contribution in [3.8, 4) is 5.69 Å². The van der Waals surface area contributed by atoms with E-state index < -0.39 is 11.7 Å². The Morgan fingerprint density at radius 2 is 2.20 bits per heavy atom. The summed E-state index contributed by atoms with van der Waals surface area (Å²) >= 11 is 2.28. The third-order valence-corrected chi connectivity index (χ3v) is 4.48. The van der Waals surface area contributed by atoms with Crippen LogP contribution in [-0.2, 0) is 11.0 Å². The molecule has 12 heteroatoms. The number of benzene rings is 1. The van der Waals surface area contributed by atoms with E-state index in [4.69, 9.17) is 0 Å². The lowest BCUT2D eigenvalue weighted by Gasteiger charge is -2.09. The monoisotopic (exact) mass is 386 g/mol. The summed E-state index contributed by atoms with van der Waals surface area (Å²) in [6.07, 6.45) is -2.91. The van der Waals surface area contributed by atoms with Crippen LogP contribution in [0.15, 0.2) is 41.0 Å². The SMILES string of the molecule is O=C(CSc1nnnn1-c1cccc(C(F)(F)F)c1)Nc1nccs1. The molecular weight excluding hydrogens is 377 g/mol. The molecule has 2 aromatic heterocycles. The van der Waals surface area contributed by atoms with Crippen LogP contribution in [0.4, 0.5) is 18.3 Å². The molecule has 0 saturated heterocycles. The van der Waals surface area contributed by atoms with Gasteiger partial charge in [-0.2, -0.15) is 17.9 Å². The molecule has 3 aromatic rings. The fourth-order valence-electron chi connectivity index (χ4n) is 1.82. The highest BCUT2D eigenvalue weighted by Gasteiger charge is 2.30. The number of halogens is 3. The van der Waals surface area contributed by atoms with Crippen molar-refractivity contribution in [1.82, 2.24) is 25.2 Å². The summed E-state index contributed by atoms with van der Waals surface area (Å²) in [5.41, 5.74) is -0.652. The van der Waals surface area contributed by atoms with Crippen molar-refractivity contribution in [2.24, 2.45) is 0 Å². The smallest absolute Gasteiger partial charge is 0.301 e. The van der Waals surface area contributed by atoms with Gasteiger partial charge in [-0.05, 0) is 28.6 Å². The molecule has 0 aliphatic carbocycles. The molecule has 2 heterocycles. The fourth-order valence-corrected chi connectivity index (χ4v) is 3.05. The second-order valence-electron chi connectivity index (χ2n) is 4.60. The molecule has 1 aromatic carbocycles. The largest absolute Gasteiger partial charge is 0.416 e. The lowest BCUT2D eigenvalue weighted by molar-refractivity contribution is -0.137. The van der Waals surface area contributed by atoms with E-state index in [1.165, 1.54) is 23.5 Å². The van der Waals surface area contributed by atoms with Gasteiger partial charge in [0.15, 0.2) is 5.13 Å². The molecule has 1 N–H and O–H groups in total. The molecule has 0 radical (unpaired) electrons. The number of anilines is 1. The molecule has 25 heavy (non-hydrogen) atoms. The number of nitrogens with one attached hydrogen (secondary N) is 1. The summed E-state index contributed by atoms with van der Waals surface area (Å²) in [4.78, 5) is 15.8. The number of hydrogen-bond acceptors (Lipinski definition) is 7. The van der Waals surface area contributed by atoms with Crippen LogP contribution in [0.1, 0.15) is 5.56 Å². The molecule has 0 spiro atoms. The van der Waals surface area contributed by atoms with Gasteiger partial charge in [0.25, 0.3) is 0 Å². The van der Waals surface area contributed by atoms with Crippen molar-refractivity contribution in [1.29, 1.82) is 0 Å². The van der Waals surface area contributed by atoms with Crippen LogP contribution in [0.5, 0.6) is 0 Å². The van der Waals surface area contributed by atoms with Crippen LogP contribution >= 0.6 is 23.1 Å². The first-order valence-corrected chi connectivity index (χ1v) is 8.58. The van der Waals surface area contributed by atoms with Crippen molar-refractivity contribution >= 4 is 34.1 Å². The van der Waals surface area contributed by atoms with Gasteiger partial charge in [0.1, 0.15) is 0 Å². The Balaban J connectivity index is 1.72. The predicted octanol–water partition coefficient (Wildman–Crippen LogP) is 2.87. The van der Waals surface area contributed by atoms with Gasteiger partial charge in [0.2, 0.25) is 11.1 Å². The Kier molecular flexibility index (Phi) is 4.99. The second-order valence-corrected chi connectivity index (χ2v) is 6.43. The van der Waals surface area contributed by atoms with E-state index in [-0.39, 0.29) is 22.5 Å². The fraction of sp³-hybridized carbons (Fsp3) is 0.154. The van der Waals surface area contributed by atoms with Gasteiger partial charge in [-0.15, -0.1) is 16.4 Å². The van der Waals surface area contributed by atoms with Crippen LogP contribution < -0.4 is 5.32 Å². The number of tetrazole rings is 1. The van der Waals surface area contributed by atoms with E-state index in [0.29, 0.717) is 5.13 Å². The van der Waals surface area contributed by atoms with Gasteiger partial charge in [-0.25, -0.2) is 4.98 Å². The molecule has 0 unspecified atom stereocenters. The zero-order chi connectivity index (χ0) is 17.9. The number of carbonyl (C=O) groups is 1. The number of aromatic nitrogens is 5. The van der Waals surface area contributed by atoms with E-state index in [1.807, 2.05) is 0 Å². The Bertz CT molecular complexity index is 865. The standard InChI is InChI=1S/C13H9F3N6OS2/c14-13(15,16)8-2-1-3-9(6-8)22-12(19-20-21-22)25-7-10(23)18-11-17-4-5-24-11/h1-6H,7H2,(H,17,18,23). The molecule has 0 aliphatic heterocycles. The third-order valence-electron chi connectivity index (χ3n) is 2.87. The van der Waals surface area contributed by atoms with Crippen molar-refractivity contribution in [3.63, 3.8) is 0 Å². The minimum Gasteiger partial charge on any atom is -0.301 e. The third kappa shape index (κ3) is 4.33. The van der Waals surface area contributed by atoms with E-state index in [0.717, 1.165) is 28.6 Å². The molecule has 3 rings (SSSR count). The van der Waals surface area contributed by atoms with Crippen LogP contribution in [0, 0.1) is 0 Å². The van der Waals surface area contributed by atoms with E-state index in [1.54, 1.807) is 11.6 Å². The number of thiazole rings is 1. The van der Waals surface area contributed by atoms with Crippen molar-refractivity contribution in [3.05, 3.63) is 41.4 Å². The van der Waals surface area contributed by atoms with Gasteiger partial charge < -0.3 is 5.32 Å². The summed E-state index contributed by atoms with van der Waals surface area (Å²) in [6.45, 7) is 0. The first kappa shape index (κ1) is 17.4. The molecule has 0 atom stereocenters. The van der Waals surface area contributed by atoms with E-state index in [9.17, 15) is 18.0 Å². The van der Waals surface area contributed by atoms with Gasteiger partial charge in [-0.1, -0.05) is 17.8 Å². The van der Waals surface area contributed by atoms with Gasteiger partial charge in [0.05, 0.1) is 17.0 Å². The van der Waals surface area contributed by atoms with Crippen LogP contribution in [0.25, 0.3) is 5.69 Å². The Morgan fingerprint density at radius 3 is 2.92 bits per heavy atom. The molecular formula is C13H9F3N6OS2. The average Bonchev–Trinajstić information content (AvgIpc) is 3.23. The highest BCUT2D eigenvalue weighted by molar-refractivity contribution is 7.99. The number of thioether (sulfide) groups is 1. The van der Waals surface area contributed by atoms with Gasteiger partial charge >= 0.3 is 6.18 Å². The molecule has 7 nitrogen and oxygen atoms in total. The van der Waals surface area contributed by atoms with Crippen molar-refractivity contribution in [2.75, 3.05) is 11.1 Å². The Labute approximate surface area is 147 Å². The zero-order valence-electron chi connectivity index (χ0n) is 12.3. The van der Waals surface area contributed by atoms with Crippen LogP contribution in [0.3, 0.4) is 0 Å². The van der Waals surface area contributed by atoms with Crippen LogP contribution in [-0.4, -0.2) is 36.9 Å². The van der Waals surface area contributed by atoms with Gasteiger partial charge in [-0.3, -0.25) is 4.79 Å². The minimum absolute atomic E-state index is 0.0150. The highest BCUT2D eigenvalue weighted by atomic mass is 32.2. The molecule has 130 valence electrons. The lowest BCUT2D eigenvalue weighted by Crippen LogP contribution is -2.14. The van der Waals surface area contributed by atoms with Crippen LogP contribution in [0.2, 0.25) is 0 Å². The summed E-state index contributed by atoms with van der Waals surface area (Å²) in [7, 11) is 0.